The normalized spacial score (nSPS) is 11.5. The number of benzene rings is 4. The van der Waals surface area contributed by atoms with Gasteiger partial charge in [0.2, 0.25) is 0 Å². The second kappa shape index (κ2) is 20.5. The average molecular weight is 600 g/mol. The van der Waals surface area contributed by atoms with E-state index in [2.05, 4.69) is 0 Å². The first kappa shape index (κ1) is 33.5. The van der Waals surface area contributed by atoms with E-state index in [1.165, 1.54) is 0 Å². The van der Waals surface area contributed by atoms with Crippen molar-refractivity contribution in [2.24, 2.45) is 5.73 Å². The summed E-state index contributed by atoms with van der Waals surface area (Å²) in [4.78, 5) is 0. The highest BCUT2D eigenvalue weighted by molar-refractivity contribution is 5.15. The molecule has 234 valence electrons. The predicted molar refractivity (Wildman–Crippen MR) is 172 cm³/mol. The van der Waals surface area contributed by atoms with Gasteiger partial charge in [-0.25, -0.2) is 0 Å². The summed E-state index contributed by atoms with van der Waals surface area (Å²) in [6.07, 6.45) is -0.541. The van der Waals surface area contributed by atoms with Crippen LogP contribution in [0, 0.1) is 0 Å². The maximum atomic E-state index is 6.44. The van der Waals surface area contributed by atoms with Gasteiger partial charge in [0.05, 0.1) is 72.1 Å². The van der Waals surface area contributed by atoms with Gasteiger partial charge in [-0.3, -0.25) is 0 Å². The first-order valence-electron chi connectivity index (χ1n) is 15.2. The van der Waals surface area contributed by atoms with Crippen LogP contribution in [0.1, 0.15) is 22.3 Å². The molecule has 0 aliphatic carbocycles. The van der Waals surface area contributed by atoms with E-state index < -0.39 is 0 Å². The first-order chi connectivity index (χ1) is 21.7. The Bertz CT molecular complexity index is 1060. The molecule has 0 bridgehead atoms. The summed E-state index contributed by atoms with van der Waals surface area (Å²) in [5.41, 5.74) is 10.9. The monoisotopic (exact) mass is 599 g/mol. The Balaban J connectivity index is 1.22. The van der Waals surface area contributed by atoms with E-state index in [9.17, 15) is 0 Å². The summed E-state index contributed by atoms with van der Waals surface area (Å²) >= 11 is 0. The van der Waals surface area contributed by atoms with Crippen LogP contribution < -0.4 is 5.73 Å². The number of nitrogens with two attached hydrogens (primary N) is 1. The fourth-order valence-electron chi connectivity index (χ4n) is 4.39. The smallest absolute Gasteiger partial charge is 0.104 e. The highest BCUT2D eigenvalue weighted by atomic mass is 16.6. The van der Waals surface area contributed by atoms with Gasteiger partial charge in [0.25, 0.3) is 0 Å². The summed E-state index contributed by atoms with van der Waals surface area (Å²) in [6, 6.07) is 40.0. The number of ether oxygens (including phenoxy) is 6. The van der Waals surface area contributed by atoms with Crippen LogP contribution in [0.3, 0.4) is 0 Å². The van der Waals surface area contributed by atoms with Crippen LogP contribution in [-0.2, 0) is 54.8 Å². The van der Waals surface area contributed by atoms with Crippen LogP contribution in [0.5, 0.6) is 0 Å². The second-order valence-electron chi connectivity index (χ2n) is 10.7. The summed E-state index contributed by atoms with van der Waals surface area (Å²) in [7, 11) is 0. The van der Waals surface area contributed by atoms with E-state index in [4.69, 9.17) is 34.2 Å². The molecular weight excluding hydrogens is 554 g/mol. The molecule has 0 fully saturated rings. The first-order valence-corrected chi connectivity index (χ1v) is 15.2. The molecular formula is C37H45NO6. The summed E-state index contributed by atoms with van der Waals surface area (Å²) in [5.74, 6) is 0. The van der Waals surface area contributed by atoms with Crippen molar-refractivity contribution < 1.29 is 28.4 Å². The molecule has 0 radical (unpaired) electrons. The molecule has 2 N–H and O–H groups in total. The third-order valence-corrected chi connectivity index (χ3v) is 6.75. The van der Waals surface area contributed by atoms with E-state index in [1.54, 1.807) is 0 Å². The lowest BCUT2D eigenvalue weighted by Gasteiger charge is -2.23. The Morgan fingerprint density at radius 2 is 0.614 bits per heavy atom. The minimum Gasteiger partial charge on any atom is -0.374 e. The molecule has 0 saturated heterocycles. The lowest BCUT2D eigenvalue weighted by Crippen LogP contribution is -2.38. The molecule has 4 aromatic carbocycles. The van der Waals surface area contributed by atoms with Crippen LogP contribution in [0.2, 0.25) is 0 Å². The van der Waals surface area contributed by atoms with Crippen LogP contribution >= 0.6 is 0 Å². The molecule has 0 heterocycles. The molecule has 44 heavy (non-hydrogen) atoms. The van der Waals surface area contributed by atoms with Crippen LogP contribution in [0.15, 0.2) is 121 Å². The van der Waals surface area contributed by atoms with Crippen molar-refractivity contribution in [1.29, 1.82) is 0 Å². The number of hydrogen-bond acceptors (Lipinski definition) is 7. The van der Waals surface area contributed by atoms with Gasteiger partial charge in [-0.15, -0.1) is 0 Å². The molecule has 0 aliphatic heterocycles. The van der Waals surface area contributed by atoms with Gasteiger partial charge in [-0.1, -0.05) is 121 Å². The predicted octanol–water partition coefficient (Wildman–Crippen LogP) is 5.95. The van der Waals surface area contributed by atoms with Crippen molar-refractivity contribution in [3.63, 3.8) is 0 Å². The van der Waals surface area contributed by atoms with Gasteiger partial charge >= 0.3 is 0 Å². The zero-order valence-electron chi connectivity index (χ0n) is 25.4. The van der Waals surface area contributed by atoms with Gasteiger partial charge in [0.15, 0.2) is 0 Å². The highest BCUT2D eigenvalue weighted by Crippen LogP contribution is 2.08. The van der Waals surface area contributed by atoms with Gasteiger partial charge < -0.3 is 34.2 Å². The fourth-order valence-corrected chi connectivity index (χ4v) is 4.39. The molecule has 4 aromatic rings. The van der Waals surface area contributed by atoms with Crippen molar-refractivity contribution in [2.45, 2.75) is 44.7 Å². The van der Waals surface area contributed by atoms with Crippen molar-refractivity contribution in [2.75, 3.05) is 39.6 Å². The van der Waals surface area contributed by atoms with Crippen molar-refractivity contribution in [1.82, 2.24) is 0 Å². The van der Waals surface area contributed by atoms with Gasteiger partial charge in [-0.05, 0) is 22.3 Å². The topological polar surface area (TPSA) is 81.4 Å². The van der Waals surface area contributed by atoms with E-state index in [-0.39, 0.29) is 18.2 Å². The molecule has 0 aromatic heterocycles. The molecule has 0 atom stereocenters. The SMILES string of the molecule is NC(COC(COCc1ccccc1)COCc1ccccc1)COC(COCc1ccccc1)COCc1ccccc1. The summed E-state index contributed by atoms with van der Waals surface area (Å²) < 4.78 is 36.2. The maximum absolute atomic E-state index is 6.44. The molecule has 0 spiro atoms. The standard InChI is InChI=1S/C37H45NO6/c38-35(25-43-36(27-39-21-31-13-5-1-6-14-31)28-40-22-32-15-7-2-8-16-32)26-44-37(29-41-23-33-17-9-3-10-18-33)30-42-24-34-19-11-4-12-20-34/h1-20,35-37H,21-30,38H2. The lowest BCUT2D eigenvalue weighted by molar-refractivity contribution is -0.0903. The molecule has 0 unspecified atom stereocenters. The Morgan fingerprint density at radius 3 is 0.864 bits per heavy atom. The van der Waals surface area contributed by atoms with Crippen LogP contribution in [0.25, 0.3) is 0 Å². The summed E-state index contributed by atoms with van der Waals surface area (Å²) in [5, 5.41) is 0. The van der Waals surface area contributed by atoms with E-state index in [0.29, 0.717) is 66.1 Å². The Hall–Kier alpha value is -3.40. The van der Waals surface area contributed by atoms with Gasteiger partial charge in [-0.2, -0.15) is 0 Å². The molecule has 4 rings (SSSR count). The Labute approximate surface area is 261 Å². The average Bonchev–Trinajstić information content (AvgIpc) is 3.07. The van der Waals surface area contributed by atoms with E-state index in [0.717, 1.165) is 22.3 Å². The van der Waals surface area contributed by atoms with Crippen molar-refractivity contribution in [3.05, 3.63) is 144 Å². The number of hydrogen-bond donors (Lipinski definition) is 1. The molecule has 7 nitrogen and oxygen atoms in total. The summed E-state index contributed by atoms with van der Waals surface area (Å²) in [6.45, 7) is 4.17. The number of rotatable bonds is 22. The molecule has 7 heteroatoms. The van der Waals surface area contributed by atoms with E-state index in [1.807, 2.05) is 121 Å². The third-order valence-electron chi connectivity index (χ3n) is 6.75. The van der Waals surface area contributed by atoms with Crippen molar-refractivity contribution >= 4 is 0 Å². The molecule has 0 aliphatic rings. The fraction of sp³-hybridized carbons (Fsp3) is 0.351. The highest BCUT2D eigenvalue weighted by Gasteiger charge is 2.16. The largest absolute Gasteiger partial charge is 0.374 e. The van der Waals surface area contributed by atoms with Crippen molar-refractivity contribution in [3.8, 4) is 0 Å². The Kier molecular flexibility index (Phi) is 15.6. The van der Waals surface area contributed by atoms with E-state index >= 15 is 0 Å². The maximum Gasteiger partial charge on any atom is 0.104 e. The third kappa shape index (κ3) is 13.9. The van der Waals surface area contributed by atoms with Crippen LogP contribution in [-0.4, -0.2) is 57.9 Å². The quantitative estimate of drug-likeness (QED) is 0.120. The second-order valence-corrected chi connectivity index (χ2v) is 10.7. The lowest BCUT2D eigenvalue weighted by atomic mass is 10.2. The Morgan fingerprint density at radius 1 is 0.364 bits per heavy atom. The minimum absolute atomic E-state index is 0.271. The minimum atomic E-state index is -0.341. The van der Waals surface area contributed by atoms with Gasteiger partial charge in [0, 0.05) is 0 Å². The molecule has 0 saturated carbocycles. The zero-order valence-corrected chi connectivity index (χ0v) is 25.4. The van der Waals surface area contributed by atoms with Gasteiger partial charge in [0.1, 0.15) is 12.2 Å². The van der Waals surface area contributed by atoms with Crippen LogP contribution in [0.4, 0.5) is 0 Å². The molecule has 0 amide bonds. The zero-order chi connectivity index (χ0) is 30.5.